The average Bonchev–Trinajstić information content (AvgIpc) is 2.64. The monoisotopic (exact) mass is 452 g/mol. The zero-order valence-corrected chi connectivity index (χ0v) is 21.6. The first-order chi connectivity index (χ1) is 9.86. The van der Waals surface area contributed by atoms with Gasteiger partial charge in [0.15, 0.2) is 0 Å². The van der Waals surface area contributed by atoms with Gasteiger partial charge in [-0.15, -0.1) is 0 Å². The van der Waals surface area contributed by atoms with E-state index in [1.54, 1.807) is 16.3 Å². The van der Waals surface area contributed by atoms with Crippen LogP contribution < -0.4 is 42.4 Å². The fourth-order valence-electron chi connectivity index (χ4n) is 3.60. The summed E-state index contributed by atoms with van der Waals surface area (Å²) in [7, 11) is -0.303. The third kappa shape index (κ3) is 7.28. The Morgan fingerprint density at radius 3 is 1.92 bits per heavy atom. The molecule has 0 bridgehead atoms. The zero-order chi connectivity index (χ0) is 15.6. The van der Waals surface area contributed by atoms with Gasteiger partial charge in [-0.25, -0.2) is 0 Å². The molecule has 0 saturated carbocycles. The molecule has 5 heteroatoms. The van der Waals surface area contributed by atoms with Crippen molar-refractivity contribution in [2.24, 2.45) is 5.92 Å². The summed E-state index contributed by atoms with van der Waals surface area (Å²) in [5.74, 6) is 0.806. The Kier molecular flexibility index (Phi) is 15.7. The van der Waals surface area contributed by atoms with Gasteiger partial charge in [-0.2, -0.15) is 27.4 Å². The maximum absolute atomic E-state index is 2.54. The summed E-state index contributed by atoms with van der Waals surface area (Å²) in [6.07, 6.45) is 13.4. The molecule has 0 fully saturated rings. The van der Waals surface area contributed by atoms with E-state index in [1.165, 1.54) is 30.4 Å². The van der Waals surface area contributed by atoms with Gasteiger partial charge in [-0.1, -0.05) is 72.3 Å². The van der Waals surface area contributed by atoms with Crippen LogP contribution in [0.25, 0.3) is 0 Å². The Morgan fingerprint density at radius 1 is 1.00 bits per heavy atom. The van der Waals surface area contributed by atoms with Gasteiger partial charge in [0.25, 0.3) is 0 Å². The van der Waals surface area contributed by atoms with Crippen LogP contribution in [0.1, 0.15) is 55.4 Å². The van der Waals surface area contributed by atoms with Gasteiger partial charge in [-0.05, 0) is 23.8 Å². The number of halogens is 3. The van der Waals surface area contributed by atoms with Crippen LogP contribution in [0.2, 0.25) is 5.04 Å². The molecule has 0 aliphatic heterocycles. The van der Waals surface area contributed by atoms with Crippen LogP contribution in [-0.4, -0.2) is 9.52 Å². The van der Waals surface area contributed by atoms with E-state index < -0.39 is 0 Å². The van der Waals surface area contributed by atoms with Crippen molar-refractivity contribution in [3.8, 4) is 0 Å². The Hall–Kier alpha value is 0.631. The standard InChI is InChI=1S/C20H31Si.3ClH.Ti/c1-14(2)10-13-20(11-8-7-9-12-20)21-19-17(5)15(3)16(4)18(19)6;;;;/h7-9,11,14H,10,12-13,21H2,1-6H3;3*1H;/q-1;;;;+4/p-3. The topological polar surface area (TPSA) is 0 Å². The van der Waals surface area contributed by atoms with Crippen LogP contribution in [0, 0.1) is 33.6 Å². The summed E-state index contributed by atoms with van der Waals surface area (Å²) in [5.41, 5.74) is 6.24. The number of allylic oxidation sites excluding steroid dienone is 4. The molecule has 0 radical (unpaired) electrons. The predicted octanol–water partition coefficient (Wildman–Crippen LogP) is -4.45. The molecule has 1 aliphatic carbocycles. The minimum atomic E-state index is -0.303. The molecule has 2 rings (SSSR count). The van der Waals surface area contributed by atoms with E-state index in [9.17, 15) is 0 Å². The van der Waals surface area contributed by atoms with Crippen molar-refractivity contribution in [1.29, 1.82) is 0 Å². The second kappa shape index (κ2) is 12.9. The van der Waals surface area contributed by atoms with Crippen LogP contribution in [0.5, 0.6) is 0 Å². The molecule has 1 aromatic carbocycles. The number of hydrogen-bond donors (Lipinski definition) is 0. The maximum Gasteiger partial charge on any atom is 4.00 e. The van der Waals surface area contributed by atoms with E-state index >= 15 is 0 Å². The fraction of sp³-hybridized carbons (Fsp3) is 0.550. The van der Waals surface area contributed by atoms with Crippen LogP contribution in [-0.2, 0) is 21.7 Å². The fourth-order valence-corrected chi connectivity index (χ4v) is 6.31. The van der Waals surface area contributed by atoms with Crippen LogP contribution in [0.3, 0.4) is 0 Å². The summed E-state index contributed by atoms with van der Waals surface area (Å²) in [5, 5.41) is 2.22. The van der Waals surface area contributed by atoms with E-state index in [2.05, 4.69) is 65.8 Å². The quantitative estimate of drug-likeness (QED) is 0.312. The predicted molar refractivity (Wildman–Crippen MR) is 98.8 cm³/mol. The summed E-state index contributed by atoms with van der Waals surface area (Å²) in [6, 6.07) is 0. The van der Waals surface area contributed by atoms with E-state index in [1.807, 2.05) is 0 Å². The van der Waals surface area contributed by atoms with Gasteiger partial charge < -0.3 is 37.2 Å². The SMILES string of the molecule is Cc1c(C)c(C)[c-]([SiH2]C2(CCC(C)C)C=CC=CC2)c1C.[Cl-].[Cl-].[Cl-].[Ti+4]. The van der Waals surface area contributed by atoms with Crippen molar-refractivity contribution in [3.63, 3.8) is 0 Å². The third-order valence-electron chi connectivity index (χ3n) is 5.56. The van der Waals surface area contributed by atoms with Crippen molar-refractivity contribution in [1.82, 2.24) is 0 Å². The van der Waals surface area contributed by atoms with E-state index in [-0.39, 0.29) is 68.5 Å². The second-order valence-electron chi connectivity index (χ2n) is 7.44. The molecule has 1 unspecified atom stereocenters. The molecule has 0 N–H and O–H groups in total. The average molecular weight is 454 g/mol. The van der Waals surface area contributed by atoms with Gasteiger partial charge >= 0.3 is 21.7 Å². The van der Waals surface area contributed by atoms with Crippen LogP contribution >= 0.6 is 0 Å². The van der Waals surface area contributed by atoms with Crippen molar-refractivity contribution >= 4 is 14.7 Å². The van der Waals surface area contributed by atoms with E-state index in [0.717, 1.165) is 5.92 Å². The molecule has 1 atom stereocenters. The van der Waals surface area contributed by atoms with Crippen molar-refractivity contribution in [2.75, 3.05) is 0 Å². The molecular formula is C20H31Cl3SiTi. The first-order valence-corrected chi connectivity index (χ1v) is 9.84. The molecule has 0 amide bonds. The molecule has 0 saturated heterocycles. The maximum atomic E-state index is 2.54. The first-order valence-electron chi connectivity index (χ1n) is 8.42. The summed E-state index contributed by atoms with van der Waals surface area (Å²) >= 11 is 0. The summed E-state index contributed by atoms with van der Waals surface area (Å²) in [6.45, 7) is 14.0. The van der Waals surface area contributed by atoms with E-state index in [4.69, 9.17) is 0 Å². The Bertz CT molecular complexity index is 550. The van der Waals surface area contributed by atoms with Crippen molar-refractivity contribution in [3.05, 3.63) is 46.6 Å². The van der Waals surface area contributed by atoms with Crippen molar-refractivity contribution < 1.29 is 58.9 Å². The Labute approximate surface area is 191 Å². The Morgan fingerprint density at radius 2 is 1.52 bits per heavy atom. The molecule has 0 heterocycles. The second-order valence-corrected chi connectivity index (χ2v) is 9.91. The molecule has 0 nitrogen and oxygen atoms in total. The van der Waals surface area contributed by atoms with Crippen LogP contribution in [0.4, 0.5) is 0 Å². The third-order valence-corrected chi connectivity index (χ3v) is 8.56. The first kappa shape index (κ1) is 30.4. The summed E-state index contributed by atoms with van der Waals surface area (Å²) < 4.78 is 0. The minimum absolute atomic E-state index is 0. The molecule has 0 spiro atoms. The van der Waals surface area contributed by atoms with Gasteiger partial charge in [0.05, 0.1) is 0 Å². The smallest absolute Gasteiger partial charge is 1.00 e. The van der Waals surface area contributed by atoms with Crippen molar-refractivity contribution in [2.45, 2.75) is 65.8 Å². The molecule has 1 aromatic rings. The van der Waals surface area contributed by atoms with Gasteiger partial charge in [-0.3, -0.25) is 0 Å². The molecule has 0 aromatic heterocycles. The normalized spacial score (nSPS) is 18.5. The zero-order valence-electron chi connectivity index (χ0n) is 16.3. The van der Waals surface area contributed by atoms with Gasteiger partial charge in [0.1, 0.15) is 0 Å². The largest absolute Gasteiger partial charge is 4.00 e. The number of rotatable bonds is 5. The molecule has 140 valence electrons. The molecule has 1 aliphatic rings. The van der Waals surface area contributed by atoms with Gasteiger partial charge in [0, 0.05) is 9.52 Å². The molecular weight excluding hydrogens is 423 g/mol. The Balaban J connectivity index is -0.00000121. The summed E-state index contributed by atoms with van der Waals surface area (Å²) in [4.78, 5) is 0. The van der Waals surface area contributed by atoms with Gasteiger partial charge in [0.2, 0.25) is 0 Å². The number of hydrogen-bond acceptors (Lipinski definition) is 0. The minimum Gasteiger partial charge on any atom is -1.00 e. The van der Waals surface area contributed by atoms with E-state index in [0.29, 0.717) is 5.04 Å². The molecule has 25 heavy (non-hydrogen) atoms. The van der Waals surface area contributed by atoms with Crippen LogP contribution in [0.15, 0.2) is 24.3 Å².